The molecule has 3 aromatic rings. The maximum Gasteiger partial charge on any atom is 0.252 e. The number of aromatic amines is 1. The van der Waals surface area contributed by atoms with E-state index in [1.54, 1.807) is 18.3 Å². The number of H-pyrrole nitrogens is 1. The number of amides is 1. The van der Waals surface area contributed by atoms with Crippen LogP contribution in [0.5, 0.6) is 0 Å². The Labute approximate surface area is 145 Å². The first-order valence-electron chi connectivity index (χ1n) is 8.35. The molecule has 1 aliphatic rings. The normalized spacial score (nSPS) is 14.0. The number of hydrogen-bond acceptors (Lipinski definition) is 4. The lowest BCUT2D eigenvalue weighted by Gasteiger charge is -2.23. The van der Waals surface area contributed by atoms with E-state index in [1.807, 2.05) is 18.2 Å². The molecular weight excluding hydrogens is 314 g/mol. The van der Waals surface area contributed by atoms with Crippen molar-refractivity contribution in [3.8, 4) is 11.3 Å². The van der Waals surface area contributed by atoms with Crippen molar-refractivity contribution in [2.24, 2.45) is 5.73 Å². The largest absolute Gasteiger partial charge is 0.365 e. The highest BCUT2D eigenvalue weighted by atomic mass is 16.1. The predicted octanol–water partition coefficient (Wildman–Crippen LogP) is 2.18. The average Bonchev–Trinajstić information content (AvgIpc) is 2.94. The number of aromatic nitrogens is 3. The second-order valence-electron chi connectivity index (χ2n) is 6.12. The van der Waals surface area contributed by atoms with Crippen molar-refractivity contribution in [3.05, 3.63) is 65.5 Å². The topological polar surface area (TPSA) is 87.9 Å². The van der Waals surface area contributed by atoms with Gasteiger partial charge < -0.3 is 10.6 Å². The number of hydrogen-bond donors (Lipinski definition) is 2. The van der Waals surface area contributed by atoms with E-state index in [-0.39, 0.29) is 0 Å². The van der Waals surface area contributed by atoms with Crippen LogP contribution in [0.3, 0.4) is 0 Å². The molecule has 1 amide bonds. The monoisotopic (exact) mass is 333 g/mol. The molecule has 0 spiro atoms. The molecule has 0 bridgehead atoms. The number of nitrogens with one attached hydrogen (secondary N) is 1. The Kier molecular flexibility index (Phi) is 3.93. The molecule has 0 saturated carbocycles. The number of anilines is 1. The zero-order chi connectivity index (χ0) is 17.2. The third kappa shape index (κ3) is 2.87. The van der Waals surface area contributed by atoms with Gasteiger partial charge in [-0.15, -0.1) is 0 Å². The smallest absolute Gasteiger partial charge is 0.252 e. The molecule has 3 N–H and O–H groups in total. The van der Waals surface area contributed by atoms with Crippen molar-refractivity contribution in [2.45, 2.75) is 12.8 Å². The van der Waals surface area contributed by atoms with Gasteiger partial charge in [-0.3, -0.25) is 9.89 Å². The van der Waals surface area contributed by atoms with E-state index >= 15 is 0 Å². The third-order valence-electron chi connectivity index (χ3n) is 4.62. The fourth-order valence-corrected chi connectivity index (χ4v) is 3.37. The second-order valence-corrected chi connectivity index (χ2v) is 6.12. The van der Waals surface area contributed by atoms with Crippen LogP contribution in [-0.4, -0.2) is 34.2 Å². The first-order valence-corrected chi connectivity index (χ1v) is 8.35. The fraction of sp³-hybridized carbons (Fsp3) is 0.211. The molecule has 0 unspecified atom stereocenters. The summed E-state index contributed by atoms with van der Waals surface area (Å²) in [5.74, 6) is 0.215. The van der Waals surface area contributed by atoms with E-state index < -0.39 is 5.91 Å². The lowest BCUT2D eigenvalue weighted by molar-refractivity contribution is 0.100. The van der Waals surface area contributed by atoms with Crippen molar-refractivity contribution < 1.29 is 4.79 Å². The summed E-state index contributed by atoms with van der Waals surface area (Å²) in [5.41, 5.74) is 10.5. The minimum atomic E-state index is -0.447. The van der Waals surface area contributed by atoms with Crippen LogP contribution in [0.25, 0.3) is 11.3 Å². The van der Waals surface area contributed by atoms with Gasteiger partial charge in [0.05, 0.1) is 11.3 Å². The Bertz CT molecular complexity index is 903. The Morgan fingerprint density at radius 3 is 2.68 bits per heavy atom. The number of pyridine rings is 1. The molecule has 126 valence electrons. The molecule has 0 fully saturated rings. The first-order chi connectivity index (χ1) is 12.2. The molecule has 3 heterocycles. The molecule has 0 saturated heterocycles. The van der Waals surface area contributed by atoms with Crippen molar-refractivity contribution in [3.63, 3.8) is 0 Å². The summed E-state index contributed by atoms with van der Waals surface area (Å²) in [6.45, 7) is 1.53. The first kappa shape index (κ1) is 15.4. The van der Waals surface area contributed by atoms with E-state index in [1.165, 1.54) is 5.56 Å². The van der Waals surface area contributed by atoms with E-state index in [4.69, 9.17) is 5.73 Å². The predicted molar refractivity (Wildman–Crippen MR) is 96.4 cm³/mol. The molecule has 6 nitrogen and oxygen atoms in total. The summed E-state index contributed by atoms with van der Waals surface area (Å²) in [7, 11) is 0. The van der Waals surface area contributed by atoms with Crippen LogP contribution < -0.4 is 10.6 Å². The van der Waals surface area contributed by atoms with Crippen LogP contribution >= 0.6 is 0 Å². The maximum atomic E-state index is 11.7. The summed E-state index contributed by atoms with van der Waals surface area (Å²) in [4.78, 5) is 18.2. The van der Waals surface area contributed by atoms with Crippen molar-refractivity contribution in [1.29, 1.82) is 0 Å². The van der Waals surface area contributed by atoms with Crippen LogP contribution in [0.15, 0.2) is 48.7 Å². The summed E-state index contributed by atoms with van der Waals surface area (Å²) in [6, 6.07) is 13.7. The lowest BCUT2D eigenvalue weighted by Crippen LogP contribution is -2.30. The van der Waals surface area contributed by atoms with Gasteiger partial charge in [0.25, 0.3) is 5.91 Å². The standard InChI is InChI=1S/C19H19N5O/c20-18(25)15-7-4-10-21-19(15)24-11-8-14-16(9-12-24)22-23-17(14)13-5-2-1-3-6-13/h1-7,10H,8-9,11-12H2,(H2,20,25)(H,22,23). The van der Waals surface area contributed by atoms with Gasteiger partial charge in [-0.05, 0) is 18.6 Å². The zero-order valence-electron chi connectivity index (χ0n) is 13.8. The van der Waals surface area contributed by atoms with Crippen molar-refractivity contribution >= 4 is 11.7 Å². The van der Waals surface area contributed by atoms with Crippen LogP contribution in [0.4, 0.5) is 5.82 Å². The molecule has 4 rings (SSSR count). The van der Waals surface area contributed by atoms with E-state index in [2.05, 4.69) is 32.2 Å². The molecule has 1 aromatic carbocycles. The molecule has 1 aliphatic heterocycles. The van der Waals surface area contributed by atoms with Gasteiger partial charge in [-0.2, -0.15) is 5.10 Å². The van der Waals surface area contributed by atoms with Gasteiger partial charge >= 0.3 is 0 Å². The number of primary amides is 1. The molecule has 25 heavy (non-hydrogen) atoms. The van der Waals surface area contributed by atoms with Gasteiger partial charge in [0.15, 0.2) is 0 Å². The number of carbonyl (C=O) groups excluding carboxylic acids is 1. The quantitative estimate of drug-likeness (QED) is 0.769. The van der Waals surface area contributed by atoms with Gasteiger partial charge in [-0.1, -0.05) is 30.3 Å². The Balaban J connectivity index is 1.64. The van der Waals surface area contributed by atoms with E-state index in [0.717, 1.165) is 42.9 Å². The number of benzene rings is 1. The van der Waals surface area contributed by atoms with E-state index in [0.29, 0.717) is 11.4 Å². The second kappa shape index (κ2) is 6.39. The highest BCUT2D eigenvalue weighted by Gasteiger charge is 2.23. The number of rotatable bonds is 3. The summed E-state index contributed by atoms with van der Waals surface area (Å²) in [6.07, 6.45) is 3.36. The van der Waals surface area contributed by atoms with E-state index in [9.17, 15) is 4.79 Å². The number of carbonyl (C=O) groups is 1. The Morgan fingerprint density at radius 2 is 1.88 bits per heavy atom. The molecule has 0 aliphatic carbocycles. The summed E-state index contributed by atoms with van der Waals surface area (Å²) in [5, 5.41) is 7.71. The van der Waals surface area contributed by atoms with Gasteiger partial charge in [0.1, 0.15) is 5.82 Å². The highest BCUT2D eigenvalue weighted by molar-refractivity contribution is 5.97. The van der Waals surface area contributed by atoms with Crippen LogP contribution in [-0.2, 0) is 12.8 Å². The Morgan fingerprint density at radius 1 is 1.08 bits per heavy atom. The maximum absolute atomic E-state index is 11.7. The van der Waals surface area contributed by atoms with Crippen LogP contribution in [0.2, 0.25) is 0 Å². The number of nitrogens with zero attached hydrogens (tertiary/aromatic N) is 3. The van der Waals surface area contributed by atoms with Gasteiger partial charge in [-0.25, -0.2) is 4.98 Å². The third-order valence-corrected chi connectivity index (χ3v) is 4.62. The fourth-order valence-electron chi connectivity index (χ4n) is 3.37. The number of nitrogens with two attached hydrogens (primary N) is 1. The molecule has 0 atom stereocenters. The SMILES string of the molecule is NC(=O)c1cccnc1N1CCc2[nH]nc(-c3ccccc3)c2CC1. The average molecular weight is 333 g/mol. The van der Waals surface area contributed by atoms with Crippen molar-refractivity contribution in [2.75, 3.05) is 18.0 Å². The lowest BCUT2D eigenvalue weighted by atomic mass is 10.0. The Hall–Kier alpha value is -3.15. The molecular formula is C19H19N5O. The van der Waals surface area contributed by atoms with Crippen LogP contribution in [0.1, 0.15) is 21.6 Å². The summed E-state index contributed by atoms with van der Waals surface area (Å²) >= 11 is 0. The van der Waals surface area contributed by atoms with Crippen LogP contribution in [0, 0.1) is 0 Å². The highest BCUT2D eigenvalue weighted by Crippen LogP contribution is 2.28. The molecule has 6 heteroatoms. The molecule has 2 aromatic heterocycles. The minimum absolute atomic E-state index is 0.447. The zero-order valence-corrected chi connectivity index (χ0v) is 13.8. The van der Waals surface area contributed by atoms with Gasteiger partial charge in [0.2, 0.25) is 0 Å². The number of fused-ring (bicyclic) bond motifs is 1. The summed E-state index contributed by atoms with van der Waals surface area (Å²) < 4.78 is 0. The minimum Gasteiger partial charge on any atom is -0.365 e. The van der Waals surface area contributed by atoms with Gasteiger partial charge in [0, 0.05) is 42.5 Å². The van der Waals surface area contributed by atoms with Crippen molar-refractivity contribution in [1.82, 2.24) is 15.2 Å². The molecule has 0 radical (unpaired) electrons.